The molecule has 0 aromatic carbocycles. The predicted octanol–water partition coefficient (Wildman–Crippen LogP) is 1.79. The highest BCUT2D eigenvalue weighted by molar-refractivity contribution is 5.63. The Hall–Kier alpha value is -1.56. The number of carboxylic acids is 2. The highest BCUT2D eigenvalue weighted by Gasteiger charge is 2.42. The molecule has 0 rings (SSSR count). The SMILES string of the molecule is CC(=O)O.CC(=O)O.OC(CCC(O)C(F)(F)F)C(F)(F)F. The van der Waals surface area contributed by atoms with Gasteiger partial charge in [-0.3, -0.25) is 9.59 Å². The molecule has 4 N–H and O–H groups in total. The summed E-state index contributed by atoms with van der Waals surface area (Å²) in [6.07, 6.45) is -17.9. The molecule has 2 unspecified atom stereocenters. The minimum atomic E-state index is -4.95. The predicted molar refractivity (Wildman–Crippen MR) is 60.0 cm³/mol. The van der Waals surface area contributed by atoms with Crippen LogP contribution in [-0.4, -0.2) is 56.9 Å². The fourth-order valence-electron chi connectivity index (χ4n) is 0.643. The van der Waals surface area contributed by atoms with Gasteiger partial charge in [0.05, 0.1) is 0 Å². The number of alkyl halides is 6. The number of hydrogen-bond donors (Lipinski definition) is 4. The number of rotatable bonds is 3. The van der Waals surface area contributed by atoms with Crippen molar-refractivity contribution in [3.8, 4) is 0 Å². The van der Waals surface area contributed by atoms with Crippen LogP contribution in [0.3, 0.4) is 0 Å². The van der Waals surface area contributed by atoms with Crippen molar-refractivity contribution in [3.63, 3.8) is 0 Å². The lowest BCUT2D eigenvalue weighted by molar-refractivity contribution is -0.223. The molecule has 6 nitrogen and oxygen atoms in total. The Balaban J connectivity index is -0.000000372. The maximum atomic E-state index is 11.6. The van der Waals surface area contributed by atoms with Crippen molar-refractivity contribution in [1.29, 1.82) is 0 Å². The van der Waals surface area contributed by atoms with E-state index in [1.165, 1.54) is 0 Å². The molecule has 22 heavy (non-hydrogen) atoms. The van der Waals surface area contributed by atoms with E-state index in [1.54, 1.807) is 0 Å². The molecule has 0 bridgehead atoms. The Morgan fingerprint density at radius 2 is 0.909 bits per heavy atom. The number of aliphatic carboxylic acids is 2. The molecule has 0 saturated carbocycles. The van der Waals surface area contributed by atoms with E-state index in [0.29, 0.717) is 0 Å². The summed E-state index contributed by atoms with van der Waals surface area (Å²) in [6, 6.07) is 0. The molecule has 0 aliphatic carbocycles. The Bertz CT molecular complexity index is 287. The quantitative estimate of drug-likeness (QED) is 0.579. The first-order chi connectivity index (χ1) is 9.51. The van der Waals surface area contributed by atoms with Crippen LogP contribution in [0.2, 0.25) is 0 Å². The van der Waals surface area contributed by atoms with Gasteiger partial charge in [-0.1, -0.05) is 0 Å². The van der Waals surface area contributed by atoms with Gasteiger partial charge in [0.2, 0.25) is 0 Å². The third-order valence-electron chi connectivity index (χ3n) is 1.47. The Kier molecular flexibility index (Phi) is 12.8. The van der Waals surface area contributed by atoms with Crippen molar-refractivity contribution in [2.75, 3.05) is 0 Å². The minimum absolute atomic E-state index is 0.833. The van der Waals surface area contributed by atoms with Crippen LogP contribution in [0.5, 0.6) is 0 Å². The van der Waals surface area contributed by atoms with E-state index in [4.69, 9.17) is 30.0 Å². The average molecular weight is 346 g/mol. The zero-order chi connectivity index (χ0) is 18.7. The van der Waals surface area contributed by atoms with Gasteiger partial charge in [-0.05, 0) is 12.8 Å². The standard InChI is InChI=1S/C6H8F6O2.2C2H4O2/c7-5(8,9)3(13)1-2-4(14)6(10,11)12;2*1-2(3)4/h3-4,13-14H,1-2H2;2*1H3,(H,3,4). The lowest BCUT2D eigenvalue weighted by atomic mass is 10.1. The van der Waals surface area contributed by atoms with Crippen molar-refractivity contribution in [2.24, 2.45) is 0 Å². The average Bonchev–Trinajstić information content (AvgIpc) is 2.20. The van der Waals surface area contributed by atoms with Gasteiger partial charge in [0.15, 0.2) is 0 Å². The molecule has 0 aliphatic rings. The summed E-state index contributed by atoms with van der Waals surface area (Å²) in [5, 5.41) is 31.4. The van der Waals surface area contributed by atoms with Crippen LogP contribution in [-0.2, 0) is 9.59 Å². The van der Waals surface area contributed by atoms with Crippen molar-refractivity contribution >= 4 is 11.9 Å². The number of hydrogen-bond acceptors (Lipinski definition) is 4. The fraction of sp³-hybridized carbons (Fsp3) is 0.800. The maximum Gasteiger partial charge on any atom is 0.414 e. The van der Waals surface area contributed by atoms with Crippen LogP contribution in [0, 0.1) is 0 Å². The summed E-state index contributed by atoms with van der Waals surface area (Å²) in [4.78, 5) is 18.0. The minimum Gasteiger partial charge on any atom is -0.481 e. The highest BCUT2D eigenvalue weighted by atomic mass is 19.4. The monoisotopic (exact) mass is 346 g/mol. The van der Waals surface area contributed by atoms with Gasteiger partial charge in [-0.25, -0.2) is 0 Å². The zero-order valence-corrected chi connectivity index (χ0v) is 11.4. The molecular weight excluding hydrogens is 330 g/mol. The van der Waals surface area contributed by atoms with Gasteiger partial charge in [0.25, 0.3) is 11.9 Å². The number of carboxylic acid groups (broad SMARTS) is 2. The van der Waals surface area contributed by atoms with E-state index < -0.39 is 49.3 Å². The van der Waals surface area contributed by atoms with Gasteiger partial charge < -0.3 is 20.4 Å². The van der Waals surface area contributed by atoms with E-state index in [1.807, 2.05) is 0 Å². The van der Waals surface area contributed by atoms with Crippen LogP contribution >= 0.6 is 0 Å². The third kappa shape index (κ3) is 23.5. The Morgan fingerprint density at radius 1 is 0.773 bits per heavy atom. The lowest BCUT2D eigenvalue weighted by Crippen LogP contribution is -2.33. The molecule has 12 heteroatoms. The Morgan fingerprint density at radius 3 is 1.00 bits per heavy atom. The first-order valence-electron chi connectivity index (χ1n) is 5.40. The summed E-state index contributed by atoms with van der Waals surface area (Å²) < 4.78 is 69.5. The van der Waals surface area contributed by atoms with Crippen molar-refractivity contribution < 1.29 is 56.4 Å². The molecule has 0 fully saturated rings. The van der Waals surface area contributed by atoms with Gasteiger partial charge in [0, 0.05) is 13.8 Å². The van der Waals surface area contributed by atoms with E-state index >= 15 is 0 Å². The maximum absolute atomic E-state index is 11.6. The molecule has 134 valence electrons. The first-order valence-corrected chi connectivity index (χ1v) is 5.40. The molecule has 0 radical (unpaired) electrons. The molecule has 2 atom stereocenters. The van der Waals surface area contributed by atoms with Crippen LogP contribution in [0.25, 0.3) is 0 Å². The number of carbonyl (C=O) groups is 2. The summed E-state index contributed by atoms with van der Waals surface area (Å²) >= 11 is 0. The van der Waals surface area contributed by atoms with E-state index in [0.717, 1.165) is 13.8 Å². The fourth-order valence-corrected chi connectivity index (χ4v) is 0.643. The van der Waals surface area contributed by atoms with Crippen molar-refractivity contribution in [2.45, 2.75) is 51.2 Å². The largest absolute Gasteiger partial charge is 0.481 e. The van der Waals surface area contributed by atoms with Crippen LogP contribution in [0.4, 0.5) is 26.3 Å². The zero-order valence-electron chi connectivity index (χ0n) is 11.4. The lowest BCUT2D eigenvalue weighted by Gasteiger charge is -2.18. The molecular formula is C10H16F6O6. The van der Waals surface area contributed by atoms with Gasteiger partial charge >= 0.3 is 12.4 Å². The normalized spacial score (nSPS) is 13.7. The second kappa shape index (κ2) is 11.1. The topological polar surface area (TPSA) is 115 Å². The molecule has 0 saturated heterocycles. The van der Waals surface area contributed by atoms with Crippen LogP contribution in [0.1, 0.15) is 26.7 Å². The second-order valence-corrected chi connectivity index (χ2v) is 3.73. The second-order valence-electron chi connectivity index (χ2n) is 3.73. The van der Waals surface area contributed by atoms with Gasteiger partial charge in [-0.2, -0.15) is 26.3 Å². The molecule has 0 spiro atoms. The van der Waals surface area contributed by atoms with Crippen LogP contribution in [0.15, 0.2) is 0 Å². The van der Waals surface area contributed by atoms with E-state index in [-0.39, 0.29) is 0 Å². The molecule has 0 heterocycles. The van der Waals surface area contributed by atoms with E-state index in [2.05, 4.69) is 0 Å². The van der Waals surface area contributed by atoms with Gasteiger partial charge in [-0.15, -0.1) is 0 Å². The first kappa shape index (κ1) is 25.4. The van der Waals surface area contributed by atoms with E-state index in [9.17, 15) is 26.3 Å². The summed E-state index contributed by atoms with van der Waals surface area (Å²) in [6.45, 7) is 2.17. The Labute approximate surface area is 121 Å². The summed E-state index contributed by atoms with van der Waals surface area (Å²) in [5.74, 6) is -1.67. The summed E-state index contributed by atoms with van der Waals surface area (Å²) in [5.41, 5.74) is 0. The molecule has 0 aromatic rings. The third-order valence-corrected chi connectivity index (χ3v) is 1.47. The summed E-state index contributed by atoms with van der Waals surface area (Å²) in [7, 11) is 0. The van der Waals surface area contributed by atoms with Crippen molar-refractivity contribution in [1.82, 2.24) is 0 Å². The number of aliphatic hydroxyl groups is 2. The smallest absolute Gasteiger partial charge is 0.414 e. The van der Waals surface area contributed by atoms with Crippen LogP contribution < -0.4 is 0 Å². The molecule has 0 aliphatic heterocycles. The van der Waals surface area contributed by atoms with Gasteiger partial charge in [0.1, 0.15) is 12.2 Å². The van der Waals surface area contributed by atoms with Crippen molar-refractivity contribution in [3.05, 3.63) is 0 Å². The highest BCUT2D eigenvalue weighted by Crippen LogP contribution is 2.27. The molecule has 0 aromatic heterocycles. The molecule has 0 amide bonds. The number of halogens is 6. The number of aliphatic hydroxyl groups excluding tert-OH is 2.